The molecule has 0 unspecified atom stereocenters. The van der Waals surface area contributed by atoms with E-state index in [0.29, 0.717) is 25.5 Å². The second kappa shape index (κ2) is 12.0. The van der Waals surface area contributed by atoms with E-state index < -0.39 is 0 Å². The van der Waals surface area contributed by atoms with Crippen LogP contribution in [-0.4, -0.2) is 41.8 Å². The zero-order valence-electron chi connectivity index (χ0n) is 18.6. The molecule has 0 atom stereocenters. The standard InChI is InChI=1S/C24H30N4O4/c1-28(18-12-14-19(31-2)15-13-18)24-20-9-6-7-10-21(20)25-22(26-24)17-32-16-8-4-3-5-11-23(29)27-30/h6-7,9-10,12-15,30H,3-5,8,11,16-17H2,1-2H3,(H,27,29). The molecule has 1 amide bonds. The Morgan fingerprint density at radius 3 is 2.53 bits per heavy atom. The molecular formula is C24H30N4O4. The Labute approximate surface area is 188 Å². The molecule has 0 fully saturated rings. The van der Waals surface area contributed by atoms with Gasteiger partial charge in [-0.15, -0.1) is 0 Å². The minimum absolute atomic E-state index is 0.335. The molecule has 8 nitrogen and oxygen atoms in total. The highest BCUT2D eigenvalue weighted by atomic mass is 16.5. The second-order valence-electron chi connectivity index (χ2n) is 7.49. The zero-order valence-corrected chi connectivity index (χ0v) is 18.6. The van der Waals surface area contributed by atoms with Crippen molar-refractivity contribution in [2.75, 3.05) is 25.7 Å². The first-order chi connectivity index (χ1) is 15.6. The molecule has 1 heterocycles. The molecule has 32 heavy (non-hydrogen) atoms. The van der Waals surface area contributed by atoms with Crippen LogP contribution in [0.25, 0.3) is 10.9 Å². The van der Waals surface area contributed by atoms with Gasteiger partial charge in [-0.2, -0.15) is 0 Å². The van der Waals surface area contributed by atoms with E-state index in [4.69, 9.17) is 19.7 Å². The topological polar surface area (TPSA) is 96.8 Å². The number of carbonyl (C=O) groups excluding carboxylic acids is 1. The van der Waals surface area contributed by atoms with Crippen LogP contribution in [0, 0.1) is 0 Å². The Bertz CT molecular complexity index is 1010. The monoisotopic (exact) mass is 438 g/mol. The van der Waals surface area contributed by atoms with E-state index in [2.05, 4.69) is 4.98 Å². The van der Waals surface area contributed by atoms with Gasteiger partial charge in [-0.3, -0.25) is 10.0 Å². The van der Waals surface area contributed by atoms with Gasteiger partial charge in [0.15, 0.2) is 5.82 Å². The van der Waals surface area contributed by atoms with Crippen LogP contribution in [0.5, 0.6) is 5.75 Å². The Hall–Kier alpha value is -3.23. The number of amides is 1. The Morgan fingerprint density at radius 2 is 1.78 bits per heavy atom. The van der Waals surface area contributed by atoms with E-state index in [1.54, 1.807) is 12.6 Å². The van der Waals surface area contributed by atoms with Gasteiger partial charge in [0.25, 0.3) is 0 Å². The lowest BCUT2D eigenvalue weighted by Crippen LogP contribution is -2.17. The second-order valence-corrected chi connectivity index (χ2v) is 7.49. The Kier molecular flexibility index (Phi) is 8.77. The lowest BCUT2D eigenvalue weighted by atomic mass is 10.1. The van der Waals surface area contributed by atoms with Gasteiger partial charge in [0.1, 0.15) is 18.2 Å². The zero-order chi connectivity index (χ0) is 22.8. The minimum Gasteiger partial charge on any atom is -0.497 e. The predicted octanol–water partition coefficient (Wildman–Crippen LogP) is 4.38. The van der Waals surface area contributed by atoms with Crippen LogP contribution >= 0.6 is 0 Å². The third-order valence-electron chi connectivity index (χ3n) is 5.21. The van der Waals surface area contributed by atoms with E-state index in [-0.39, 0.29) is 5.91 Å². The van der Waals surface area contributed by atoms with Gasteiger partial charge in [0.2, 0.25) is 5.91 Å². The van der Waals surface area contributed by atoms with Crippen LogP contribution in [0.1, 0.15) is 37.9 Å². The number of para-hydroxylation sites is 1. The summed E-state index contributed by atoms with van der Waals surface area (Å²) in [6, 6.07) is 15.8. The smallest absolute Gasteiger partial charge is 0.243 e. The van der Waals surface area contributed by atoms with Crippen LogP contribution in [0.4, 0.5) is 11.5 Å². The number of methoxy groups -OCH3 is 1. The number of ether oxygens (including phenoxy) is 2. The Morgan fingerprint density at radius 1 is 1.03 bits per heavy atom. The number of unbranched alkanes of at least 4 members (excludes halogenated alkanes) is 3. The molecular weight excluding hydrogens is 408 g/mol. The van der Waals surface area contributed by atoms with Crippen LogP contribution in [-0.2, 0) is 16.1 Å². The lowest BCUT2D eigenvalue weighted by molar-refractivity contribution is -0.129. The van der Waals surface area contributed by atoms with Crippen molar-refractivity contribution in [3.8, 4) is 5.75 Å². The number of nitrogens with one attached hydrogen (secondary N) is 1. The molecule has 170 valence electrons. The van der Waals surface area contributed by atoms with E-state index in [9.17, 15) is 4.79 Å². The van der Waals surface area contributed by atoms with Gasteiger partial charge in [-0.1, -0.05) is 25.0 Å². The van der Waals surface area contributed by atoms with E-state index in [0.717, 1.165) is 53.8 Å². The number of hydrogen-bond donors (Lipinski definition) is 2. The number of carbonyl (C=O) groups is 1. The molecule has 2 aromatic carbocycles. The maximum atomic E-state index is 11.0. The highest BCUT2D eigenvalue weighted by molar-refractivity contribution is 5.91. The van der Waals surface area contributed by atoms with Crippen LogP contribution < -0.4 is 15.1 Å². The minimum atomic E-state index is -0.342. The van der Waals surface area contributed by atoms with Gasteiger partial charge in [0, 0.05) is 31.1 Å². The van der Waals surface area contributed by atoms with Gasteiger partial charge in [-0.25, -0.2) is 15.4 Å². The fourth-order valence-electron chi connectivity index (χ4n) is 3.42. The van der Waals surface area contributed by atoms with Gasteiger partial charge >= 0.3 is 0 Å². The van der Waals surface area contributed by atoms with Crippen molar-refractivity contribution in [3.63, 3.8) is 0 Å². The van der Waals surface area contributed by atoms with Crippen LogP contribution in [0.3, 0.4) is 0 Å². The molecule has 0 radical (unpaired) electrons. The molecule has 3 aromatic rings. The van der Waals surface area contributed by atoms with Crippen molar-refractivity contribution in [1.29, 1.82) is 0 Å². The molecule has 0 saturated carbocycles. The predicted molar refractivity (Wildman–Crippen MR) is 123 cm³/mol. The summed E-state index contributed by atoms with van der Waals surface area (Å²) in [6.07, 6.45) is 3.86. The van der Waals surface area contributed by atoms with Gasteiger partial charge in [-0.05, 0) is 49.2 Å². The van der Waals surface area contributed by atoms with Crippen molar-refractivity contribution >= 4 is 28.3 Å². The largest absolute Gasteiger partial charge is 0.497 e. The first kappa shape index (κ1) is 23.4. The fraction of sp³-hybridized carbons (Fsp3) is 0.375. The number of aromatic nitrogens is 2. The van der Waals surface area contributed by atoms with Crippen molar-refractivity contribution < 1.29 is 19.5 Å². The van der Waals surface area contributed by atoms with Crippen LogP contribution in [0.2, 0.25) is 0 Å². The summed E-state index contributed by atoms with van der Waals surface area (Å²) in [4.78, 5) is 22.5. The number of rotatable bonds is 12. The normalized spacial score (nSPS) is 10.8. The third kappa shape index (κ3) is 6.38. The average Bonchev–Trinajstić information content (AvgIpc) is 2.84. The average molecular weight is 439 g/mol. The molecule has 0 aliphatic carbocycles. The molecule has 2 N–H and O–H groups in total. The van der Waals surface area contributed by atoms with Crippen molar-refractivity contribution in [1.82, 2.24) is 15.4 Å². The number of benzene rings is 2. The number of fused-ring (bicyclic) bond motifs is 1. The number of nitrogens with zero attached hydrogens (tertiary/aromatic N) is 3. The van der Waals surface area contributed by atoms with Gasteiger partial charge in [0.05, 0.1) is 12.6 Å². The SMILES string of the molecule is COc1ccc(N(C)c2nc(COCCCCCCC(=O)NO)nc3ccccc23)cc1. The summed E-state index contributed by atoms with van der Waals surface area (Å²) in [5, 5.41) is 9.46. The van der Waals surface area contributed by atoms with Gasteiger partial charge < -0.3 is 14.4 Å². The maximum absolute atomic E-state index is 11.0. The number of hydrogen-bond acceptors (Lipinski definition) is 7. The summed E-state index contributed by atoms with van der Waals surface area (Å²) in [5.74, 6) is 1.92. The quantitative estimate of drug-likeness (QED) is 0.246. The Balaban J connectivity index is 1.61. The van der Waals surface area contributed by atoms with Crippen molar-refractivity contribution in [2.45, 2.75) is 38.7 Å². The van der Waals surface area contributed by atoms with E-state index in [1.807, 2.05) is 60.5 Å². The molecule has 0 bridgehead atoms. The highest BCUT2D eigenvalue weighted by Gasteiger charge is 2.13. The third-order valence-corrected chi connectivity index (χ3v) is 5.21. The summed E-state index contributed by atoms with van der Waals surface area (Å²) in [7, 11) is 3.64. The molecule has 0 spiro atoms. The first-order valence-corrected chi connectivity index (χ1v) is 10.8. The molecule has 0 aliphatic heterocycles. The lowest BCUT2D eigenvalue weighted by Gasteiger charge is -2.21. The fourth-order valence-corrected chi connectivity index (χ4v) is 3.42. The molecule has 1 aromatic heterocycles. The maximum Gasteiger partial charge on any atom is 0.243 e. The van der Waals surface area contributed by atoms with E-state index >= 15 is 0 Å². The molecule has 0 saturated heterocycles. The van der Waals surface area contributed by atoms with Crippen molar-refractivity contribution in [2.24, 2.45) is 0 Å². The number of hydroxylamine groups is 1. The van der Waals surface area contributed by atoms with Crippen molar-refractivity contribution in [3.05, 3.63) is 54.4 Å². The molecule has 8 heteroatoms. The number of anilines is 2. The summed E-state index contributed by atoms with van der Waals surface area (Å²) < 4.78 is 11.1. The summed E-state index contributed by atoms with van der Waals surface area (Å²) >= 11 is 0. The first-order valence-electron chi connectivity index (χ1n) is 10.8. The summed E-state index contributed by atoms with van der Waals surface area (Å²) in [6.45, 7) is 0.938. The molecule has 3 rings (SSSR count). The van der Waals surface area contributed by atoms with Crippen LogP contribution in [0.15, 0.2) is 48.5 Å². The highest BCUT2D eigenvalue weighted by Crippen LogP contribution is 2.29. The molecule has 0 aliphatic rings. The summed E-state index contributed by atoms with van der Waals surface area (Å²) in [5.41, 5.74) is 3.52. The van der Waals surface area contributed by atoms with E-state index in [1.165, 1.54) is 0 Å².